The van der Waals surface area contributed by atoms with Crippen molar-refractivity contribution in [3.63, 3.8) is 0 Å². The first-order valence-electron chi connectivity index (χ1n) is 11.0. The minimum absolute atomic E-state index is 0.212. The summed E-state index contributed by atoms with van der Waals surface area (Å²) in [5.41, 5.74) is 7.51. The number of aliphatic hydroxyl groups is 2. The van der Waals surface area contributed by atoms with Crippen LogP contribution in [0.25, 0.3) is 0 Å². The van der Waals surface area contributed by atoms with Gasteiger partial charge in [-0.25, -0.2) is 0 Å². The minimum atomic E-state index is -1.95. The molecule has 31 heavy (non-hydrogen) atoms. The Bertz CT molecular complexity index is 1100. The molecule has 4 aliphatic rings. The number of hydrogen-bond acceptors (Lipinski definition) is 6. The Morgan fingerprint density at radius 1 is 1.29 bits per heavy atom. The number of carbonyl (C=O) groups excluding carboxylic acids is 1. The summed E-state index contributed by atoms with van der Waals surface area (Å²) >= 11 is 0. The second-order valence-corrected chi connectivity index (χ2v) is 9.52. The monoisotopic (exact) mass is 421 g/mol. The van der Waals surface area contributed by atoms with Crippen molar-refractivity contribution in [2.75, 3.05) is 25.4 Å². The van der Waals surface area contributed by atoms with Crippen molar-refractivity contribution in [1.29, 1.82) is 0 Å². The normalized spacial score (nSPS) is 34.9. The summed E-state index contributed by atoms with van der Waals surface area (Å²) in [7, 11) is 0. The lowest BCUT2D eigenvalue weighted by atomic mass is 9.81. The third kappa shape index (κ3) is 2.42. The minimum Gasteiger partial charge on any atom is -0.455 e. The maximum Gasteiger partial charge on any atom is 0.266 e. The van der Waals surface area contributed by atoms with Gasteiger partial charge in [0.1, 0.15) is 11.9 Å². The quantitative estimate of drug-likeness (QED) is 0.560. The number of nitrogens with two attached hydrogens (primary N) is 1. The molecule has 1 unspecified atom stereocenters. The number of ether oxygens (including phenoxy) is 1. The lowest BCUT2D eigenvalue weighted by Gasteiger charge is -2.39. The fraction of sp³-hybridized carbons (Fsp3) is 0.458. The highest BCUT2D eigenvalue weighted by molar-refractivity contribution is 5.81. The Morgan fingerprint density at radius 3 is 2.74 bits per heavy atom. The molecule has 2 aromatic carbocycles. The van der Waals surface area contributed by atoms with E-state index in [1.807, 2.05) is 23.1 Å². The maximum atomic E-state index is 13.0. The van der Waals surface area contributed by atoms with Gasteiger partial charge < -0.3 is 26.0 Å². The number of nitrogens with zero attached hydrogens (tertiary/aromatic N) is 1. The summed E-state index contributed by atoms with van der Waals surface area (Å²) in [6, 6.07) is 10.9. The van der Waals surface area contributed by atoms with Crippen molar-refractivity contribution in [3.8, 4) is 5.75 Å². The van der Waals surface area contributed by atoms with Gasteiger partial charge in [0.2, 0.25) is 5.91 Å². The van der Waals surface area contributed by atoms with E-state index in [2.05, 4.69) is 12.2 Å². The highest BCUT2D eigenvalue weighted by Crippen LogP contribution is 2.64. The van der Waals surface area contributed by atoms with Gasteiger partial charge in [0.05, 0.1) is 6.54 Å². The van der Waals surface area contributed by atoms with Crippen molar-refractivity contribution in [3.05, 3.63) is 58.7 Å². The van der Waals surface area contributed by atoms with Crippen LogP contribution < -0.4 is 15.8 Å². The lowest BCUT2D eigenvalue weighted by molar-refractivity contribution is -0.206. The van der Waals surface area contributed by atoms with Crippen LogP contribution in [0.15, 0.2) is 36.4 Å². The fourth-order valence-corrected chi connectivity index (χ4v) is 5.61. The Kier molecular flexibility index (Phi) is 3.83. The Hall–Kier alpha value is -2.61. The first-order valence-corrected chi connectivity index (χ1v) is 11.0. The number of nitrogen functional groups attached to an aromatic ring is 1. The number of likely N-dealkylation sites (tertiary alicyclic amines) is 1. The van der Waals surface area contributed by atoms with E-state index < -0.39 is 17.4 Å². The van der Waals surface area contributed by atoms with Gasteiger partial charge in [0.15, 0.2) is 5.54 Å². The molecule has 0 aromatic heterocycles. The number of aliphatic hydroxyl groups excluding tert-OH is 1. The largest absolute Gasteiger partial charge is 0.455 e. The van der Waals surface area contributed by atoms with Crippen LogP contribution in [0.2, 0.25) is 0 Å². The smallest absolute Gasteiger partial charge is 0.266 e. The molecule has 6 rings (SSSR count). The molecular weight excluding hydrogens is 394 g/mol. The summed E-state index contributed by atoms with van der Waals surface area (Å²) in [6.45, 7) is 4.16. The Balaban J connectivity index is 1.48. The molecule has 1 saturated carbocycles. The van der Waals surface area contributed by atoms with Crippen LogP contribution in [0.1, 0.15) is 54.0 Å². The summed E-state index contributed by atoms with van der Waals surface area (Å²) < 4.78 is 6.19. The number of fused-ring (bicyclic) bond motifs is 5. The van der Waals surface area contributed by atoms with Crippen molar-refractivity contribution in [2.45, 2.75) is 43.1 Å². The van der Waals surface area contributed by atoms with E-state index >= 15 is 0 Å². The number of hydrogen-bond donors (Lipinski definition) is 4. The van der Waals surface area contributed by atoms with Crippen LogP contribution in [-0.2, 0) is 16.1 Å². The fourth-order valence-electron chi connectivity index (χ4n) is 5.61. The summed E-state index contributed by atoms with van der Waals surface area (Å²) in [5.74, 6) is -0.611. The second kappa shape index (κ2) is 6.22. The molecule has 0 radical (unpaired) electrons. The SMILES string of the molecule is C[C@@H]1C[C@@H]1c1ccc2c(c1)O[C@]1(O)c3cccc(N)c3C(O)[C@]21NC(=O)CN1CCC1. The van der Waals surface area contributed by atoms with E-state index in [0.717, 1.165) is 31.5 Å². The van der Waals surface area contributed by atoms with Crippen LogP contribution in [0.3, 0.4) is 0 Å². The van der Waals surface area contributed by atoms with Gasteiger partial charge in [0.25, 0.3) is 5.79 Å². The zero-order chi connectivity index (χ0) is 21.5. The van der Waals surface area contributed by atoms with Crippen molar-refractivity contribution >= 4 is 11.6 Å². The van der Waals surface area contributed by atoms with Gasteiger partial charge in [-0.2, -0.15) is 0 Å². The average Bonchev–Trinajstić information content (AvgIpc) is 3.34. The van der Waals surface area contributed by atoms with E-state index in [4.69, 9.17) is 10.5 Å². The predicted molar refractivity (Wildman–Crippen MR) is 114 cm³/mol. The van der Waals surface area contributed by atoms with E-state index in [0.29, 0.717) is 40.0 Å². The van der Waals surface area contributed by atoms with Crippen molar-refractivity contribution in [1.82, 2.24) is 10.2 Å². The molecule has 2 fully saturated rings. The van der Waals surface area contributed by atoms with E-state index in [1.165, 1.54) is 0 Å². The standard InChI is InChI=1S/C24H27N3O4/c1-13-10-15(13)14-6-7-16-19(11-14)31-24(30)17-4-2-5-18(25)21(17)22(29)23(16,24)26-20(28)12-27-8-3-9-27/h2,4-7,11,13,15,22,29-30H,3,8-10,12,25H2,1H3,(H,26,28)/t13-,15+,22?,23-,24-/m1/s1. The van der Waals surface area contributed by atoms with Gasteiger partial charge >= 0.3 is 0 Å². The zero-order valence-electron chi connectivity index (χ0n) is 17.5. The van der Waals surface area contributed by atoms with Gasteiger partial charge in [-0.15, -0.1) is 0 Å². The molecule has 0 bridgehead atoms. The molecular formula is C24H27N3O4. The van der Waals surface area contributed by atoms with Gasteiger partial charge in [0, 0.05) is 22.4 Å². The Morgan fingerprint density at radius 2 is 2.06 bits per heavy atom. The number of rotatable bonds is 4. The van der Waals surface area contributed by atoms with E-state index in [-0.39, 0.29) is 12.5 Å². The molecule has 5 N–H and O–H groups in total. The molecule has 1 amide bonds. The molecule has 5 atom stereocenters. The van der Waals surface area contributed by atoms with Crippen LogP contribution in [0, 0.1) is 5.92 Å². The molecule has 0 spiro atoms. The molecule has 2 aromatic rings. The lowest BCUT2D eigenvalue weighted by Crippen LogP contribution is -2.60. The number of anilines is 1. The molecule has 7 nitrogen and oxygen atoms in total. The summed E-state index contributed by atoms with van der Waals surface area (Å²) in [4.78, 5) is 15.1. The topological polar surface area (TPSA) is 108 Å². The number of amides is 1. The highest BCUT2D eigenvalue weighted by Gasteiger charge is 2.71. The van der Waals surface area contributed by atoms with Crippen molar-refractivity contribution < 1.29 is 19.7 Å². The highest BCUT2D eigenvalue weighted by atomic mass is 16.6. The summed E-state index contributed by atoms with van der Waals surface area (Å²) in [6.07, 6.45) is 0.949. The first kappa shape index (κ1) is 19.1. The predicted octanol–water partition coefficient (Wildman–Crippen LogP) is 1.69. The summed E-state index contributed by atoms with van der Waals surface area (Å²) in [5, 5.41) is 26.5. The van der Waals surface area contributed by atoms with Crippen LogP contribution in [0.5, 0.6) is 5.75 Å². The third-order valence-electron chi connectivity index (χ3n) is 7.60. The van der Waals surface area contributed by atoms with Crippen LogP contribution >= 0.6 is 0 Å². The molecule has 2 aliphatic carbocycles. The second-order valence-electron chi connectivity index (χ2n) is 9.52. The average molecular weight is 421 g/mol. The van der Waals surface area contributed by atoms with Gasteiger partial charge in [-0.3, -0.25) is 9.69 Å². The van der Waals surface area contributed by atoms with Gasteiger partial charge in [-0.05, 0) is 55.5 Å². The molecule has 162 valence electrons. The first-order chi connectivity index (χ1) is 14.8. The number of nitrogens with one attached hydrogen (secondary N) is 1. The maximum absolute atomic E-state index is 13.0. The van der Waals surface area contributed by atoms with Gasteiger partial charge in [-0.1, -0.05) is 31.2 Å². The van der Waals surface area contributed by atoms with Crippen LogP contribution in [-0.4, -0.2) is 40.7 Å². The Labute approximate surface area is 180 Å². The zero-order valence-corrected chi connectivity index (χ0v) is 17.5. The van der Waals surface area contributed by atoms with E-state index in [9.17, 15) is 15.0 Å². The molecule has 1 saturated heterocycles. The molecule has 2 aliphatic heterocycles. The number of carbonyl (C=O) groups is 1. The van der Waals surface area contributed by atoms with Crippen molar-refractivity contribution in [2.24, 2.45) is 5.92 Å². The molecule has 2 heterocycles. The van der Waals surface area contributed by atoms with Crippen LogP contribution in [0.4, 0.5) is 5.69 Å². The van der Waals surface area contributed by atoms with E-state index in [1.54, 1.807) is 18.2 Å². The number of benzene rings is 2. The molecule has 7 heteroatoms. The third-order valence-corrected chi connectivity index (χ3v) is 7.60.